The van der Waals surface area contributed by atoms with Crippen molar-refractivity contribution < 1.29 is 14.3 Å². The molecule has 1 aliphatic heterocycles. The SMILES string of the molecule is COc1cccc(CC(=O)N2CCN(C(=O)c3cccc(Cl)c3)CC2)c1. The predicted octanol–water partition coefficient (Wildman–Crippen LogP) is 2.88. The number of nitrogens with zero attached hydrogens (tertiary/aromatic N) is 2. The molecule has 5 nitrogen and oxygen atoms in total. The maximum absolute atomic E-state index is 12.5. The summed E-state index contributed by atoms with van der Waals surface area (Å²) in [5.41, 5.74) is 1.50. The summed E-state index contributed by atoms with van der Waals surface area (Å²) in [5, 5.41) is 0.544. The number of carbonyl (C=O) groups excluding carboxylic acids is 2. The normalized spacial score (nSPS) is 14.2. The number of hydrogen-bond donors (Lipinski definition) is 0. The van der Waals surface area contributed by atoms with Gasteiger partial charge >= 0.3 is 0 Å². The number of carbonyl (C=O) groups is 2. The molecule has 3 rings (SSSR count). The van der Waals surface area contributed by atoms with E-state index in [1.807, 2.05) is 24.3 Å². The van der Waals surface area contributed by atoms with E-state index in [4.69, 9.17) is 16.3 Å². The highest BCUT2D eigenvalue weighted by Gasteiger charge is 2.25. The molecule has 0 atom stereocenters. The molecular formula is C20H21ClN2O3. The molecule has 2 amide bonds. The van der Waals surface area contributed by atoms with Crippen LogP contribution in [0.1, 0.15) is 15.9 Å². The second kappa shape index (κ2) is 8.23. The largest absolute Gasteiger partial charge is 0.497 e. The monoisotopic (exact) mass is 372 g/mol. The molecule has 0 radical (unpaired) electrons. The lowest BCUT2D eigenvalue weighted by molar-refractivity contribution is -0.131. The molecule has 0 N–H and O–H groups in total. The van der Waals surface area contributed by atoms with Gasteiger partial charge in [0.15, 0.2) is 0 Å². The zero-order chi connectivity index (χ0) is 18.5. The zero-order valence-corrected chi connectivity index (χ0v) is 15.4. The van der Waals surface area contributed by atoms with Crippen LogP contribution >= 0.6 is 11.6 Å². The predicted molar refractivity (Wildman–Crippen MR) is 101 cm³/mol. The van der Waals surface area contributed by atoms with E-state index in [0.29, 0.717) is 43.2 Å². The smallest absolute Gasteiger partial charge is 0.254 e. The number of rotatable bonds is 4. The van der Waals surface area contributed by atoms with Gasteiger partial charge in [-0.3, -0.25) is 9.59 Å². The molecule has 2 aromatic rings. The Morgan fingerprint density at radius 2 is 1.69 bits per heavy atom. The molecule has 1 saturated heterocycles. The molecule has 0 unspecified atom stereocenters. The van der Waals surface area contributed by atoms with Gasteiger partial charge in [-0.1, -0.05) is 29.8 Å². The summed E-state index contributed by atoms with van der Waals surface area (Å²) < 4.78 is 5.19. The van der Waals surface area contributed by atoms with Crippen molar-refractivity contribution in [1.29, 1.82) is 0 Å². The third kappa shape index (κ3) is 4.35. The lowest BCUT2D eigenvalue weighted by Crippen LogP contribution is -2.51. The Balaban J connectivity index is 1.56. The Morgan fingerprint density at radius 3 is 2.38 bits per heavy atom. The van der Waals surface area contributed by atoms with E-state index in [0.717, 1.165) is 11.3 Å². The minimum absolute atomic E-state index is 0.0487. The molecule has 2 aromatic carbocycles. The first-order valence-corrected chi connectivity index (χ1v) is 8.90. The van der Waals surface area contributed by atoms with Gasteiger partial charge in [0, 0.05) is 36.8 Å². The molecular weight excluding hydrogens is 352 g/mol. The number of piperazine rings is 1. The Kier molecular flexibility index (Phi) is 5.78. The zero-order valence-electron chi connectivity index (χ0n) is 14.7. The number of benzene rings is 2. The van der Waals surface area contributed by atoms with E-state index in [1.54, 1.807) is 41.2 Å². The van der Waals surface area contributed by atoms with Crippen LogP contribution in [-0.4, -0.2) is 54.9 Å². The lowest BCUT2D eigenvalue weighted by atomic mass is 10.1. The average molecular weight is 373 g/mol. The van der Waals surface area contributed by atoms with Crippen molar-refractivity contribution in [1.82, 2.24) is 9.80 Å². The Hall–Kier alpha value is -2.53. The van der Waals surface area contributed by atoms with E-state index in [2.05, 4.69) is 0 Å². The maximum atomic E-state index is 12.5. The molecule has 0 aliphatic carbocycles. The summed E-state index contributed by atoms with van der Waals surface area (Å²) >= 11 is 5.96. The van der Waals surface area contributed by atoms with Gasteiger partial charge in [0.2, 0.25) is 5.91 Å². The average Bonchev–Trinajstić information content (AvgIpc) is 2.67. The third-order valence-corrected chi connectivity index (χ3v) is 4.72. The quantitative estimate of drug-likeness (QED) is 0.829. The second-order valence-corrected chi connectivity index (χ2v) is 6.65. The van der Waals surface area contributed by atoms with Crippen molar-refractivity contribution in [2.45, 2.75) is 6.42 Å². The molecule has 136 valence electrons. The highest BCUT2D eigenvalue weighted by Crippen LogP contribution is 2.16. The van der Waals surface area contributed by atoms with Crippen molar-refractivity contribution in [2.75, 3.05) is 33.3 Å². The van der Waals surface area contributed by atoms with Crippen LogP contribution < -0.4 is 4.74 Å². The van der Waals surface area contributed by atoms with Gasteiger partial charge in [0.25, 0.3) is 5.91 Å². The van der Waals surface area contributed by atoms with E-state index < -0.39 is 0 Å². The van der Waals surface area contributed by atoms with Crippen molar-refractivity contribution in [3.63, 3.8) is 0 Å². The van der Waals surface area contributed by atoms with Crippen LogP contribution in [0, 0.1) is 0 Å². The molecule has 0 spiro atoms. The third-order valence-electron chi connectivity index (χ3n) is 4.48. The van der Waals surface area contributed by atoms with Crippen molar-refractivity contribution in [3.8, 4) is 5.75 Å². The molecule has 0 aromatic heterocycles. The van der Waals surface area contributed by atoms with Crippen molar-refractivity contribution >= 4 is 23.4 Å². The molecule has 0 saturated carbocycles. The van der Waals surface area contributed by atoms with Crippen LogP contribution in [0.4, 0.5) is 0 Å². The van der Waals surface area contributed by atoms with E-state index in [1.165, 1.54) is 0 Å². The van der Waals surface area contributed by atoms with Gasteiger partial charge in [-0.15, -0.1) is 0 Å². The highest BCUT2D eigenvalue weighted by molar-refractivity contribution is 6.30. The first-order valence-electron chi connectivity index (χ1n) is 8.52. The topological polar surface area (TPSA) is 49.9 Å². The van der Waals surface area contributed by atoms with Crippen LogP contribution in [0.25, 0.3) is 0 Å². The van der Waals surface area contributed by atoms with Gasteiger partial charge in [0.1, 0.15) is 5.75 Å². The highest BCUT2D eigenvalue weighted by atomic mass is 35.5. The van der Waals surface area contributed by atoms with Crippen LogP contribution in [-0.2, 0) is 11.2 Å². The van der Waals surface area contributed by atoms with Crippen molar-refractivity contribution in [2.24, 2.45) is 0 Å². The van der Waals surface area contributed by atoms with Crippen LogP contribution in [0.2, 0.25) is 5.02 Å². The van der Waals surface area contributed by atoms with Gasteiger partial charge in [-0.05, 0) is 35.9 Å². The Bertz CT molecular complexity index is 801. The van der Waals surface area contributed by atoms with Gasteiger partial charge in [-0.25, -0.2) is 0 Å². The summed E-state index contributed by atoms with van der Waals surface area (Å²) in [6, 6.07) is 14.5. The van der Waals surface area contributed by atoms with Gasteiger partial charge in [-0.2, -0.15) is 0 Å². The fraction of sp³-hybridized carbons (Fsp3) is 0.300. The number of methoxy groups -OCH3 is 1. The Labute approximate surface area is 158 Å². The number of halogens is 1. The number of hydrogen-bond acceptors (Lipinski definition) is 3. The van der Waals surface area contributed by atoms with Crippen molar-refractivity contribution in [3.05, 3.63) is 64.7 Å². The number of amides is 2. The molecule has 0 bridgehead atoms. The minimum Gasteiger partial charge on any atom is -0.497 e. The van der Waals surface area contributed by atoms with Crippen LogP contribution in [0.15, 0.2) is 48.5 Å². The van der Waals surface area contributed by atoms with Crippen LogP contribution in [0.3, 0.4) is 0 Å². The lowest BCUT2D eigenvalue weighted by Gasteiger charge is -2.35. The van der Waals surface area contributed by atoms with Gasteiger partial charge < -0.3 is 14.5 Å². The molecule has 1 aliphatic rings. The first kappa shape index (κ1) is 18.3. The van der Waals surface area contributed by atoms with Crippen LogP contribution in [0.5, 0.6) is 5.75 Å². The standard InChI is InChI=1S/C20H21ClN2O3/c1-26-18-7-2-4-15(12-18)13-19(24)22-8-10-23(11-9-22)20(25)16-5-3-6-17(21)14-16/h2-7,12,14H,8-11,13H2,1H3. The minimum atomic E-state index is -0.0487. The number of ether oxygens (including phenoxy) is 1. The fourth-order valence-corrected chi connectivity index (χ4v) is 3.22. The Morgan fingerprint density at radius 1 is 1.00 bits per heavy atom. The van der Waals surface area contributed by atoms with Gasteiger partial charge in [0.05, 0.1) is 13.5 Å². The molecule has 1 heterocycles. The summed E-state index contributed by atoms with van der Waals surface area (Å²) in [4.78, 5) is 28.6. The van der Waals surface area contributed by atoms with E-state index in [-0.39, 0.29) is 11.8 Å². The summed E-state index contributed by atoms with van der Waals surface area (Å²) in [5.74, 6) is 0.757. The van der Waals surface area contributed by atoms with E-state index in [9.17, 15) is 9.59 Å². The second-order valence-electron chi connectivity index (χ2n) is 6.21. The molecule has 26 heavy (non-hydrogen) atoms. The molecule has 6 heteroatoms. The molecule has 1 fully saturated rings. The summed E-state index contributed by atoms with van der Waals surface area (Å²) in [7, 11) is 1.61. The fourth-order valence-electron chi connectivity index (χ4n) is 3.03. The summed E-state index contributed by atoms with van der Waals surface area (Å²) in [6.07, 6.45) is 0.333. The van der Waals surface area contributed by atoms with E-state index >= 15 is 0 Å². The maximum Gasteiger partial charge on any atom is 0.254 e. The first-order chi connectivity index (χ1) is 12.6. The summed E-state index contributed by atoms with van der Waals surface area (Å²) in [6.45, 7) is 2.12.